The average Bonchev–Trinajstić information content (AvgIpc) is 2.90. The minimum atomic E-state index is -0.287. The lowest BCUT2D eigenvalue weighted by atomic mass is 9.71. The number of nitrogens with one attached hydrogen (secondary N) is 2. The summed E-state index contributed by atoms with van der Waals surface area (Å²) < 4.78 is 0. The standard InChI is InChI=1S/C28H32N6O/c1-30-23(11-15-29)22-8-3-2-7-21(22)20-34-16-6-12-28(27(34)35)13-17-33(18-14-28)26-19-31-24-9-4-5-10-25(24)32-26/h2-5,7-11,15,19,29-30H,6,12-14,16-18,20H2,1H3/b23-11-,29-15?. The fourth-order valence-corrected chi connectivity index (χ4v) is 5.55. The van der Waals surface area contributed by atoms with E-state index in [1.165, 1.54) is 6.21 Å². The Morgan fingerprint density at radius 1 is 1.06 bits per heavy atom. The molecular formula is C28H32N6O. The first-order valence-electron chi connectivity index (χ1n) is 12.4. The van der Waals surface area contributed by atoms with Crippen molar-refractivity contribution in [2.45, 2.75) is 32.2 Å². The first kappa shape index (κ1) is 23.0. The van der Waals surface area contributed by atoms with Gasteiger partial charge in [0.1, 0.15) is 5.82 Å². The van der Waals surface area contributed by atoms with Gasteiger partial charge in [0, 0.05) is 50.7 Å². The summed E-state index contributed by atoms with van der Waals surface area (Å²) in [7, 11) is 1.86. The summed E-state index contributed by atoms with van der Waals surface area (Å²) >= 11 is 0. The highest BCUT2D eigenvalue weighted by Gasteiger charge is 2.45. The predicted octanol–water partition coefficient (Wildman–Crippen LogP) is 4.25. The maximum absolute atomic E-state index is 13.8. The van der Waals surface area contributed by atoms with E-state index in [9.17, 15) is 4.79 Å². The van der Waals surface area contributed by atoms with Gasteiger partial charge in [0.05, 0.1) is 22.6 Å². The second-order valence-electron chi connectivity index (χ2n) is 9.47. The first-order valence-corrected chi connectivity index (χ1v) is 12.4. The van der Waals surface area contributed by atoms with Crippen LogP contribution >= 0.6 is 0 Å². The lowest BCUT2D eigenvalue weighted by Crippen LogP contribution is -2.53. The van der Waals surface area contributed by atoms with Crippen molar-refractivity contribution in [3.05, 3.63) is 71.9 Å². The molecule has 7 heteroatoms. The number of para-hydroxylation sites is 2. The maximum atomic E-state index is 13.8. The zero-order valence-electron chi connectivity index (χ0n) is 20.2. The van der Waals surface area contributed by atoms with Gasteiger partial charge in [-0.2, -0.15) is 0 Å². The van der Waals surface area contributed by atoms with Crippen molar-refractivity contribution in [1.82, 2.24) is 20.2 Å². The fourth-order valence-electron chi connectivity index (χ4n) is 5.55. The Morgan fingerprint density at radius 2 is 1.80 bits per heavy atom. The number of carbonyl (C=O) groups excluding carboxylic acids is 1. The molecule has 0 bridgehead atoms. The van der Waals surface area contributed by atoms with Gasteiger partial charge in [-0.1, -0.05) is 36.4 Å². The van der Waals surface area contributed by atoms with E-state index in [2.05, 4.69) is 27.3 Å². The van der Waals surface area contributed by atoms with Crippen molar-refractivity contribution in [3.63, 3.8) is 0 Å². The Morgan fingerprint density at radius 3 is 2.57 bits per heavy atom. The Labute approximate surface area is 206 Å². The summed E-state index contributed by atoms with van der Waals surface area (Å²) in [5.41, 5.74) is 4.55. The molecule has 2 N–H and O–H groups in total. The Hall–Kier alpha value is -3.74. The van der Waals surface area contributed by atoms with Crippen LogP contribution in [0.5, 0.6) is 0 Å². The molecule has 3 aromatic rings. The summed E-state index contributed by atoms with van der Waals surface area (Å²) in [6.07, 6.45) is 8.56. The third kappa shape index (κ3) is 4.50. The molecule has 1 spiro atoms. The van der Waals surface area contributed by atoms with Crippen molar-refractivity contribution in [3.8, 4) is 0 Å². The fraction of sp³-hybridized carbons (Fsp3) is 0.357. The van der Waals surface area contributed by atoms with Gasteiger partial charge in [0.2, 0.25) is 5.91 Å². The van der Waals surface area contributed by atoms with E-state index in [4.69, 9.17) is 10.4 Å². The minimum absolute atomic E-state index is 0.282. The van der Waals surface area contributed by atoms with Crippen LogP contribution in [0.3, 0.4) is 0 Å². The third-order valence-corrected chi connectivity index (χ3v) is 7.49. The molecule has 5 rings (SSSR count). The zero-order chi connectivity index (χ0) is 24.3. The lowest BCUT2D eigenvalue weighted by molar-refractivity contribution is -0.148. The van der Waals surface area contributed by atoms with E-state index in [0.717, 1.165) is 79.0 Å². The number of benzene rings is 2. The number of aromatic nitrogens is 2. The molecule has 0 aliphatic carbocycles. The molecule has 2 aliphatic rings. The SMILES string of the molecule is CN/C(=C\C=N)c1ccccc1CN1CCCC2(CCN(c3cnc4ccccc4n3)CC2)C1=O. The number of likely N-dealkylation sites (tertiary alicyclic amines) is 1. The molecule has 0 atom stereocenters. The Kier molecular flexibility index (Phi) is 6.49. The molecule has 0 unspecified atom stereocenters. The van der Waals surface area contributed by atoms with E-state index in [-0.39, 0.29) is 11.3 Å². The van der Waals surface area contributed by atoms with Crippen molar-refractivity contribution >= 4 is 34.7 Å². The molecule has 2 fully saturated rings. The highest BCUT2D eigenvalue weighted by molar-refractivity contribution is 5.85. The van der Waals surface area contributed by atoms with E-state index >= 15 is 0 Å². The van der Waals surface area contributed by atoms with Crippen LogP contribution in [0.2, 0.25) is 0 Å². The summed E-state index contributed by atoms with van der Waals surface area (Å²) in [5, 5.41) is 10.7. The number of rotatable bonds is 6. The van der Waals surface area contributed by atoms with Gasteiger partial charge >= 0.3 is 0 Å². The monoisotopic (exact) mass is 468 g/mol. The summed E-state index contributed by atoms with van der Waals surface area (Å²) in [5.74, 6) is 1.18. The predicted molar refractivity (Wildman–Crippen MR) is 140 cm³/mol. The Bertz CT molecular complexity index is 1260. The second kappa shape index (κ2) is 9.86. The van der Waals surface area contributed by atoms with Crippen LogP contribution in [0, 0.1) is 10.8 Å². The molecule has 7 nitrogen and oxygen atoms in total. The number of nitrogens with zero attached hydrogens (tertiary/aromatic N) is 4. The van der Waals surface area contributed by atoms with Crippen molar-refractivity contribution in [2.75, 3.05) is 31.6 Å². The number of hydrogen-bond donors (Lipinski definition) is 2. The normalized spacial score (nSPS) is 18.2. The maximum Gasteiger partial charge on any atom is 0.229 e. The smallest absolute Gasteiger partial charge is 0.229 e. The summed E-state index contributed by atoms with van der Waals surface area (Å²) in [6.45, 7) is 3.01. The quantitative estimate of drug-likeness (QED) is 0.529. The highest BCUT2D eigenvalue weighted by atomic mass is 16.2. The molecule has 180 valence electrons. The van der Waals surface area contributed by atoms with Gasteiger partial charge in [-0.25, -0.2) is 4.98 Å². The van der Waals surface area contributed by atoms with Gasteiger partial charge in [-0.05, 0) is 49.5 Å². The van der Waals surface area contributed by atoms with Crippen LogP contribution in [0.15, 0.2) is 60.8 Å². The van der Waals surface area contributed by atoms with Gasteiger partial charge in [-0.3, -0.25) is 9.78 Å². The van der Waals surface area contributed by atoms with E-state index in [1.54, 1.807) is 6.08 Å². The van der Waals surface area contributed by atoms with Gasteiger partial charge in [0.15, 0.2) is 0 Å². The molecule has 0 radical (unpaired) electrons. The van der Waals surface area contributed by atoms with Crippen molar-refractivity contribution in [2.24, 2.45) is 5.41 Å². The molecule has 1 amide bonds. The second-order valence-corrected chi connectivity index (χ2v) is 9.47. The van der Waals surface area contributed by atoms with E-state index in [1.807, 2.05) is 54.5 Å². The molecule has 2 aromatic carbocycles. The number of piperidine rings is 2. The highest BCUT2D eigenvalue weighted by Crippen LogP contribution is 2.42. The molecular weight excluding hydrogens is 436 g/mol. The first-order chi connectivity index (χ1) is 17.1. The largest absolute Gasteiger partial charge is 0.388 e. The van der Waals surface area contributed by atoms with E-state index in [0.29, 0.717) is 6.54 Å². The molecule has 0 saturated carbocycles. The molecule has 2 saturated heterocycles. The number of amides is 1. The van der Waals surface area contributed by atoms with Crippen molar-refractivity contribution < 1.29 is 4.79 Å². The van der Waals surface area contributed by atoms with Crippen LogP contribution in [0.4, 0.5) is 5.82 Å². The molecule has 1 aromatic heterocycles. The molecule has 3 heterocycles. The van der Waals surface area contributed by atoms with Gasteiger partial charge in [-0.15, -0.1) is 0 Å². The molecule has 2 aliphatic heterocycles. The third-order valence-electron chi connectivity index (χ3n) is 7.49. The Balaban J connectivity index is 1.31. The van der Waals surface area contributed by atoms with Crippen molar-refractivity contribution in [1.29, 1.82) is 5.41 Å². The number of anilines is 1. The number of fused-ring (bicyclic) bond motifs is 1. The summed E-state index contributed by atoms with van der Waals surface area (Å²) in [6, 6.07) is 16.1. The molecule has 35 heavy (non-hydrogen) atoms. The van der Waals surface area contributed by atoms with Gasteiger partial charge < -0.3 is 20.5 Å². The van der Waals surface area contributed by atoms with Crippen LogP contribution in [0.1, 0.15) is 36.8 Å². The topological polar surface area (TPSA) is 85.2 Å². The van der Waals surface area contributed by atoms with Crippen LogP contribution < -0.4 is 10.2 Å². The minimum Gasteiger partial charge on any atom is -0.388 e. The van der Waals surface area contributed by atoms with Gasteiger partial charge in [0.25, 0.3) is 0 Å². The number of allylic oxidation sites excluding steroid dienone is 1. The zero-order valence-corrected chi connectivity index (χ0v) is 20.2. The lowest BCUT2D eigenvalue weighted by Gasteiger charge is -2.46. The number of carbonyl (C=O) groups is 1. The number of hydrogen-bond acceptors (Lipinski definition) is 6. The van der Waals surface area contributed by atoms with Crippen LogP contribution in [-0.4, -0.2) is 53.7 Å². The van der Waals surface area contributed by atoms with Crippen LogP contribution in [0.25, 0.3) is 16.7 Å². The average molecular weight is 469 g/mol. The summed E-state index contributed by atoms with van der Waals surface area (Å²) in [4.78, 5) is 27.5. The van der Waals surface area contributed by atoms with Crippen LogP contribution in [-0.2, 0) is 11.3 Å². The van der Waals surface area contributed by atoms with E-state index < -0.39 is 0 Å².